The average molecular weight is 655 g/mol. The maximum atomic E-state index is 2.42. The number of hydrogen-bond donors (Lipinski definition) is 0. The van der Waals surface area contributed by atoms with Gasteiger partial charge in [-0.3, -0.25) is 0 Å². The molecule has 0 saturated heterocycles. The van der Waals surface area contributed by atoms with E-state index in [1.54, 1.807) is 0 Å². The van der Waals surface area contributed by atoms with E-state index < -0.39 is 0 Å². The Morgan fingerprint density at radius 3 is 1.75 bits per heavy atom. The summed E-state index contributed by atoms with van der Waals surface area (Å²) in [5, 5.41) is 2.50. The van der Waals surface area contributed by atoms with E-state index in [0.29, 0.717) is 11.8 Å². The number of benzene rings is 7. The molecule has 7 aromatic carbocycles. The molecule has 244 valence electrons. The summed E-state index contributed by atoms with van der Waals surface area (Å²) in [7, 11) is 0. The summed E-state index contributed by atoms with van der Waals surface area (Å²) in [4.78, 5) is 2.35. The lowest BCUT2D eigenvalue weighted by Crippen LogP contribution is -2.10. The van der Waals surface area contributed by atoms with E-state index in [2.05, 4.69) is 217 Å². The summed E-state index contributed by atoms with van der Waals surface area (Å²) in [5.74, 6) is 0.738. The van der Waals surface area contributed by atoms with Gasteiger partial charge in [0.15, 0.2) is 0 Å². The van der Waals surface area contributed by atoms with Gasteiger partial charge >= 0.3 is 0 Å². The molecular weight excluding hydrogens is 617 g/mol. The highest BCUT2D eigenvalue weighted by Gasteiger charge is 2.21. The minimum Gasteiger partial charge on any atom is -0.310 e. The molecular formula is C49H38N2. The standard InChI is InChI=1S/C49H38N2/c1-35-33-40(37-15-7-3-8-16-37)25-31-45(35)39-23-28-43(29-24-39)51-48-20-12-11-19-46(48)47-32-30-44(34-49(47)51)50(41-17-9-4-10-18-41)42-26-21-38(22-27-42)36-13-5-2-6-14-36/h2-35,45H,1H3/t35-,45?/m0/s1. The number of allylic oxidation sites excluding steroid dienone is 4. The fourth-order valence-corrected chi connectivity index (χ4v) is 7.74. The van der Waals surface area contributed by atoms with E-state index in [1.807, 2.05) is 0 Å². The van der Waals surface area contributed by atoms with Crippen LogP contribution in [0.1, 0.15) is 24.0 Å². The Morgan fingerprint density at radius 1 is 0.471 bits per heavy atom. The molecule has 0 amide bonds. The van der Waals surface area contributed by atoms with Gasteiger partial charge in [-0.15, -0.1) is 0 Å². The van der Waals surface area contributed by atoms with Crippen LogP contribution in [0.15, 0.2) is 200 Å². The predicted octanol–water partition coefficient (Wildman–Crippen LogP) is 13.3. The molecule has 9 rings (SSSR count). The van der Waals surface area contributed by atoms with Crippen LogP contribution in [0.2, 0.25) is 0 Å². The molecule has 51 heavy (non-hydrogen) atoms. The average Bonchev–Trinajstić information content (AvgIpc) is 3.53. The molecule has 0 bridgehead atoms. The second-order valence-corrected chi connectivity index (χ2v) is 13.5. The van der Waals surface area contributed by atoms with Crippen molar-refractivity contribution in [2.75, 3.05) is 4.90 Å². The third-order valence-corrected chi connectivity index (χ3v) is 10.3. The molecule has 2 atom stereocenters. The molecule has 1 aliphatic carbocycles. The lowest BCUT2D eigenvalue weighted by atomic mass is 9.81. The topological polar surface area (TPSA) is 8.17 Å². The van der Waals surface area contributed by atoms with E-state index in [4.69, 9.17) is 0 Å². The van der Waals surface area contributed by atoms with E-state index in [9.17, 15) is 0 Å². The van der Waals surface area contributed by atoms with Crippen molar-refractivity contribution in [1.29, 1.82) is 0 Å². The molecule has 1 aliphatic rings. The van der Waals surface area contributed by atoms with Crippen LogP contribution in [0.25, 0.3) is 44.2 Å². The lowest BCUT2D eigenvalue weighted by molar-refractivity contribution is 0.637. The van der Waals surface area contributed by atoms with Crippen LogP contribution in [0, 0.1) is 5.92 Å². The van der Waals surface area contributed by atoms with Crippen LogP contribution >= 0.6 is 0 Å². The zero-order valence-electron chi connectivity index (χ0n) is 28.6. The summed E-state index contributed by atoms with van der Waals surface area (Å²) in [6.07, 6.45) is 7.07. The normalized spacial score (nSPS) is 15.6. The highest BCUT2D eigenvalue weighted by molar-refractivity contribution is 6.10. The fraction of sp³-hybridized carbons (Fsp3) is 0.0612. The Bertz CT molecular complexity index is 2510. The molecule has 0 aliphatic heterocycles. The molecule has 1 heterocycles. The van der Waals surface area contributed by atoms with Gasteiger partial charge in [0.25, 0.3) is 0 Å². The quantitative estimate of drug-likeness (QED) is 0.166. The summed E-state index contributed by atoms with van der Waals surface area (Å²) < 4.78 is 2.42. The highest BCUT2D eigenvalue weighted by atomic mass is 15.1. The van der Waals surface area contributed by atoms with Crippen molar-refractivity contribution in [2.24, 2.45) is 5.92 Å². The number of nitrogens with zero attached hydrogens (tertiary/aromatic N) is 2. The Morgan fingerprint density at radius 2 is 1.04 bits per heavy atom. The first-order chi connectivity index (χ1) is 25.2. The van der Waals surface area contributed by atoms with Gasteiger partial charge in [-0.2, -0.15) is 0 Å². The van der Waals surface area contributed by atoms with Crippen LogP contribution in [0.5, 0.6) is 0 Å². The summed E-state index contributed by atoms with van der Waals surface area (Å²) >= 11 is 0. The van der Waals surface area contributed by atoms with E-state index in [-0.39, 0.29) is 0 Å². The van der Waals surface area contributed by atoms with Crippen LogP contribution in [-0.2, 0) is 0 Å². The number of para-hydroxylation sites is 2. The monoisotopic (exact) mass is 654 g/mol. The predicted molar refractivity (Wildman–Crippen MR) is 216 cm³/mol. The zero-order valence-corrected chi connectivity index (χ0v) is 28.6. The van der Waals surface area contributed by atoms with Crippen LogP contribution < -0.4 is 4.90 Å². The van der Waals surface area contributed by atoms with E-state index in [1.165, 1.54) is 49.6 Å². The molecule has 0 N–H and O–H groups in total. The van der Waals surface area contributed by atoms with Gasteiger partial charge in [-0.1, -0.05) is 153 Å². The molecule has 8 aromatic rings. The van der Waals surface area contributed by atoms with Crippen LogP contribution in [0.3, 0.4) is 0 Å². The van der Waals surface area contributed by atoms with Crippen molar-refractivity contribution < 1.29 is 0 Å². The van der Waals surface area contributed by atoms with Gasteiger partial charge in [0.2, 0.25) is 0 Å². The van der Waals surface area contributed by atoms with Crippen molar-refractivity contribution in [2.45, 2.75) is 12.8 Å². The number of rotatable bonds is 7. The van der Waals surface area contributed by atoms with Gasteiger partial charge in [0.1, 0.15) is 0 Å². The first-order valence-electron chi connectivity index (χ1n) is 17.8. The first-order valence-corrected chi connectivity index (χ1v) is 17.8. The number of aromatic nitrogens is 1. The van der Waals surface area contributed by atoms with E-state index >= 15 is 0 Å². The molecule has 1 aromatic heterocycles. The molecule has 0 radical (unpaired) electrons. The number of hydrogen-bond acceptors (Lipinski definition) is 1. The second-order valence-electron chi connectivity index (χ2n) is 13.5. The van der Waals surface area contributed by atoms with Gasteiger partial charge in [0.05, 0.1) is 11.0 Å². The molecule has 2 heteroatoms. The van der Waals surface area contributed by atoms with Crippen LogP contribution in [-0.4, -0.2) is 4.57 Å². The maximum absolute atomic E-state index is 2.42. The number of fused-ring (bicyclic) bond motifs is 3. The molecule has 2 nitrogen and oxygen atoms in total. The minimum atomic E-state index is 0.337. The van der Waals surface area contributed by atoms with Gasteiger partial charge in [-0.25, -0.2) is 0 Å². The minimum absolute atomic E-state index is 0.337. The Hall–Kier alpha value is -6.38. The fourth-order valence-electron chi connectivity index (χ4n) is 7.74. The SMILES string of the molecule is C[C@H]1C=C(c2ccccc2)C=CC1c1ccc(-n2c3ccccc3c3ccc(N(c4ccccc4)c4ccc(-c5ccccc5)cc4)cc32)cc1. The summed E-state index contributed by atoms with van der Waals surface area (Å²) in [5.41, 5.74) is 13.2. The van der Waals surface area contributed by atoms with Crippen molar-refractivity contribution in [1.82, 2.24) is 4.57 Å². The Labute approximate surface area is 299 Å². The third-order valence-electron chi connectivity index (χ3n) is 10.3. The molecule has 1 unspecified atom stereocenters. The van der Waals surface area contributed by atoms with Crippen molar-refractivity contribution in [3.63, 3.8) is 0 Å². The van der Waals surface area contributed by atoms with Gasteiger partial charge in [-0.05, 0) is 88.3 Å². The largest absolute Gasteiger partial charge is 0.310 e. The van der Waals surface area contributed by atoms with Crippen LogP contribution in [0.4, 0.5) is 17.1 Å². The summed E-state index contributed by atoms with van der Waals surface area (Å²) in [6.45, 7) is 2.33. The van der Waals surface area contributed by atoms with Crippen molar-refractivity contribution >= 4 is 44.4 Å². The third kappa shape index (κ3) is 5.75. The van der Waals surface area contributed by atoms with Crippen molar-refractivity contribution in [3.8, 4) is 16.8 Å². The Balaban J connectivity index is 1.11. The first kappa shape index (κ1) is 30.7. The van der Waals surface area contributed by atoms with Crippen molar-refractivity contribution in [3.05, 3.63) is 211 Å². The number of anilines is 3. The second kappa shape index (κ2) is 13.2. The van der Waals surface area contributed by atoms with Gasteiger partial charge < -0.3 is 9.47 Å². The Kier molecular flexibility index (Phi) is 7.91. The molecule has 0 saturated carbocycles. The zero-order chi connectivity index (χ0) is 34.1. The van der Waals surface area contributed by atoms with E-state index in [0.717, 1.165) is 22.7 Å². The summed E-state index contributed by atoms with van der Waals surface area (Å²) in [6, 6.07) is 65.7. The molecule has 0 fully saturated rings. The maximum Gasteiger partial charge on any atom is 0.0561 e. The molecule has 0 spiro atoms. The highest BCUT2D eigenvalue weighted by Crippen LogP contribution is 2.41. The van der Waals surface area contributed by atoms with Gasteiger partial charge in [0, 0.05) is 39.4 Å². The smallest absolute Gasteiger partial charge is 0.0561 e. The lowest BCUT2D eigenvalue weighted by Gasteiger charge is -2.26.